The zero-order chi connectivity index (χ0) is 9.80. The molecule has 0 N–H and O–H groups in total. The first-order chi connectivity index (χ1) is 6.84. The van der Waals surface area contributed by atoms with E-state index >= 15 is 0 Å². The summed E-state index contributed by atoms with van der Waals surface area (Å²) in [7, 11) is 0. The normalized spacial score (nSPS) is 9.79. The van der Waals surface area contributed by atoms with Crippen LogP contribution < -0.4 is 4.74 Å². The van der Waals surface area contributed by atoms with Gasteiger partial charge in [-0.25, -0.2) is 0 Å². The van der Waals surface area contributed by atoms with Crippen molar-refractivity contribution in [3.8, 4) is 11.5 Å². The number of ether oxygens (including phenoxy) is 1. The van der Waals surface area contributed by atoms with Gasteiger partial charge in [0.1, 0.15) is 11.5 Å². The van der Waals surface area contributed by atoms with Gasteiger partial charge in [0, 0.05) is 10.7 Å². The number of nitrogens with zero attached hydrogens (tertiary/aromatic N) is 1. The highest BCUT2D eigenvalue weighted by Crippen LogP contribution is 2.23. The highest BCUT2D eigenvalue weighted by atomic mass is 79.9. The molecule has 0 spiro atoms. The number of hydrogen-bond acceptors (Lipinski definition) is 2. The third-order valence-corrected chi connectivity index (χ3v) is 2.16. The summed E-state index contributed by atoms with van der Waals surface area (Å²) < 4.78 is 6.57. The quantitative estimate of drug-likeness (QED) is 0.811. The van der Waals surface area contributed by atoms with Gasteiger partial charge in [0.2, 0.25) is 0 Å². The molecule has 0 aliphatic carbocycles. The molecule has 0 unspecified atom stereocenters. The maximum atomic E-state index is 5.57. The zero-order valence-corrected chi connectivity index (χ0v) is 8.94. The lowest BCUT2D eigenvalue weighted by molar-refractivity contribution is 0.480. The van der Waals surface area contributed by atoms with E-state index in [1.54, 1.807) is 12.4 Å². The van der Waals surface area contributed by atoms with Crippen molar-refractivity contribution in [3.63, 3.8) is 0 Å². The number of hydrogen-bond donors (Lipinski definition) is 0. The molecule has 0 atom stereocenters. The van der Waals surface area contributed by atoms with Crippen molar-refractivity contribution >= 4 is 15.9 Å². The lowest BCUT2D eigenvalue weighted by Gasteiger charge is -2.04. The highest BCUT2D eigenvalue weighted by Gasteiger charge is 1.96. The monoisotopic (exact) mass is 249 g/mol. The summed E-state index contributed by atoms with van der Waals surface area (Å²) in [5.41, 5.74) is 0. The molecule has 0 amide bonds. The van der Waals surface area contributed by atoms with Crippen molar-refractivity contribution in [2.75, 3.05) is 0 Å². The predicted octanol–water partition coefficient (Wildman–Crippen LogP) is 3.64. The molecule has 0 fully saturated rings. The molecule has 14 heavy (non-hydrogen) atoms. The summed E-state index contributed by atoms with van der Waals surface area (Å²) in [4.78, 5) is 3.97. The number of pyridine rings is 1. The van der Waals surface area contributed by atoms with Crippen LogP contribution in [0.3, 0.4) is 0 Å². The minimum Gasteiger partial charge on any atom is -0.456 e. The van der Waals surface area contributed by atoms with Crippen LogP contribution in [0.15, 0.2) is 53.3 Å². The van der Waals surface area contributed by atoms with Gasteiger partial charge < -0.3 is 4.74 Å². The average Bonchev–Trinajstić information content (AvgIpc) is 2.19. The summed E-state index contributed by atoms with van der Waals surface area (Å²) >= 11 is 3.38. The number of halogens is 1. The molecular weight excluding hydrogens is 242 g/mol. The Morgan fingerprint density at radius 3 is 2.64 bits per heavy atom. The predicted molar refractivity (Wildman–Crippen MR) is 58.5 cm³/mol. The second kappa shape index (κ2) is 4.24. The first kappa shape index (κ1) is 9.21. The van der Waals surface area contributed by atoms with Crippen LogP contribution in [-0.4, -0.2) is 4.98 Å². The first-order valence-electron chi connectivity index (χ1n) is 4.18. The molecule has 1 aromatic heterocycles. The van der Waals surface area contributed by atoms with Gasteiger partial charge in [-0.15, -0.1) is 0 Å². The zero-order valence-electron chi connectivity index (χ0n) is 7.35. The Morgan fingerprint density at radius 1 is 1.07 bits per heavy atom. The molecule has 70 valence electrons. The van der Waals surface area contributed by atoms with E-state index in [1.165, 1.54) is 0 Å². The summed E-state index contributed by atoms with van der Waals surface area (Å²) in [6, 6.07) is 11.4. The molecule has 0 radical (unpaired) electrons. The summed E-state index contributed by atoms with van der Waals surface area (Å²) in [5.74, 6) is 1.54. The second-order valence-corrected chi connectivity index (χ2v) is 3.66. The lowest BCUT2D eigenvalue weighted by atomic mass is 10.3. The highest BCUT2D eigenvalue weighted by molar-refractivity contribution is 9.10. The van der Waals surface area contributed by atoms with Crippen molar-refractivity contribution in [1.29, 1.82) is 0 Å². The Bertz CT molecular complexity index is 417. The standard InChI is InChI=1S/C11H8BrNO/c12-9-3-1-4-10(7-9)14-11-5-2-6-13-8-11/h1-8H. The van der Waals surface area contributed by atoms with Crippen LogP contribution in [0.1, 0.15) is 0 Å². The van der Waals surface area contributed by atoms with E-state index in [0.29, 0.717) is 0 Å². The van der Waals surface area contributed by atoms with Gasteiger partial charge in [-0.05, 0) is 30.3 Å². The molecule has 1 aromatic carbocycles. The van der Waals surface area contributed by atoms with Gasteiger partial charge in [0.15, 0.2) is 0 Å². The molecule has 2 nitrogen and oxygen atoms in total. The van der Waals surface area contributed by atoms with Crippen molar-refractivity contribution in [1.82, 2.24) is 4.98 Å². The van der Waals surface area contributed by atoms with Crippen LogP contribution in [0.5, 0.6) is 11.5 Å². The van der Waals surface area contributed by atoms with E-state index in [1.807, 2.05) is 36.4 Å². The number of aromatic nitrogens is 1. The van der Waals surface area contributed by atoms with Crippen LogP contribution in [-0.2, 0) is 0 Å². The lowest BCUT2D eigenvalue weighted by Crippen LogP contribution is -1.83. The molecule has 0 bridgehead atoms. The van der Waals surface area contributed by atoms with Gasteiger partial charge in [-0.2, -0.15) is 0 Å². The SMILES string of the molecule is Brc1cccc(Oc2cccnc2)c1. The largest absolute Gasteiger partial charge is 0.456 e. The topological polar surface area (TPSA) is 22.1 Å². The maximum absolute atomic E-state index is 5.57. The van der Waals surface area contributed by atoms with Gasteiger partial charge >= 0.3 is 0 Å². The average molecular weight is 250 g/mol. The molecule has 3 heteroatoms. The van der Waals surface area contributed by atoms with E-state index < -0.39 is 0 Å². The molecule has 0 saturated heterocycles. The first-order valence-corrected chi connectivity index (χ1v) is 4.97. The Balaban J connectivity index is 2.19. The van der Waals surface area contributed by atoms with Gasteiger partial charge in [-0.1, -0.05) is 22.0 Å². The Morgan fingerprint density at radius 2 is 1.93 bits per heavy atom. The summed E-state index contributed by atoms with van der Waals surface area (Å²) in [6.45, 7) is 0. The van der Waals surface area contributed by atoms with Gasteiger partial charge in [0.25, 0.3) is 0 Å². The molecule has 0 saturated carbocycles. The van der Waals surface area contributed by atoms with Crippen LogP contribution in [0, 0.1) is 0 Å². The molecule has 0 aliphatic rings. The smallest absolute Gasteiger partial charge is 0.145 e. The minimum absolute atomic E-state index is 0.741. The minimum atomic E-state index is 0.741. The van der Waals surface area contributed by atoms with E-state index in [-0.39, 0.29) is 0 Å². The van der Waals surface area contributed by atoms with E-state index in [4.69, 9.17) is 4.74 Å². The van der Waals surface area contributed by atoms with Gasteiger partial charge in [-0.3, -0.25) is 4.98 Å². The van der Waals surface area contributed by atoms with Crippen molar-refractivity contribution < 1.29 is 4.74 Å². The van der Waals surface area contributed by atoms with Crippen molar-refractivity contribution in [2.45, 2.75) is 0 Å². The number of benzene rings is 1. The van der Waals surface area contributed by atoms with Crippen LogP contribution in [0.4, 0.5) is 0 Å². The fraction of sp³-hybridized carbons (Fsp3) is 0. The third-order valence-electron chi connectivity index (χ3n) is 1.67. The summed E-state index contributed by atoms with van der Waals surface area (Å²) in [6.07, 6.45) is 3.40. The van der Waals surface area contributed by atoms with Crippen LogP contribution >= 0.6 is 15.9 Å². The van der Waals surface area contributed by atoms with Crippen LogP contribution in [0.2, 0.25) is 0 Å². The fourth-order valence-corrected chi connectivity index (χ4v) is 1.45. The summed E-state index contributed by atoms with van der Waals surface area (Å²) in [5, 5.41) is 0. The molecule has 2 aromatic rings. The maximum Gasteiger partial charge on any atom is 0.145 e. The second-order valence-electron chi connectivity index (χ2n) is 2.75. The Kier molecular flexibility index (Phi) is 2.79. The van der Waals surface area contributed by atoms with Gasteiger partial charge in [0.05, 0.1) is 6.20 Å². The Labute approximate surface area is 90.7 Å². The molecule has 0 aliphatic heterocycles. The third kappa shape index (κ3) is 2.33. The Hall–Kier alpha value is -1.35. The van der Waals surface area contributed by atoms with E-state index in [0.717, 1.165) is 16.0 Å². The van der Waals surface area contributed by atoms with Crippen molar-refractivity contribution in [3.05, 3.63) is 53.3 Å². The molecule has 2 rings (SSSR count). The molecular formula is C11H8BrNO. The van der Waals surface area contributed by atoms with E-state index in [2.05, 4.69) is 20.9 Å². The van der Waals surface area contributed by atoms with E-state index in [9.17, 15) is 0 Å². The van der Waals surface area contributed by atoms with Crippen molar-refractivity contribution in [2.24, 2.45) is 0 Å². The van der Waals surface area contributed by atoms with Crippen LogP contribution in [0.25, 0.3) is 0 Å². The number of rotatable bonds is 2. The fourth-order valence-electron chi connectivity index (χ4n) is 1.07. The molecule has 1 heterocycles.